The Bertz CT molecular complexity index is 1290. The second kappa shape index (κ2) is 9.56. The highest BCUT2D eigenvalue weighted by Crippen LogP contribution is 2.36. The van der Waals surface area contributed by atoms with Gasteiger partial charge in [-0.1, -0.05) is 33.4 Å². The average Bonchev–Trinajstić information content (AvgIpc) is 3.26. The fourth-order valence-corrected chi connectivity index (χ4v) is 3.58. The number of oxazole rings is 1. The van der Waals surface area contributed by atoms with E-state index in [2.05, 4.69) is 32.5 Å². The number of carbonyl (C=O) groups excluding carboxylic acids is 1. The van der Waals surface area contributed by atoms with Crippen LogP contribution in [0.4, 0.5) is 35.5 Å². The minimum Gasteiger partial charge on any atom is -0.488 e. The van der Waals surface area contributed by atoms with Crippen LogP contribution in [0, 0.1) is 0 Å². The molecule has 2 amide bonds. The number of rotatable bonds is 5. The summed E-state index contributed by atoms with van der Waals surface area (Å²) in [5.74, 6) is 1.17. The van der Waals surface area contributed by atoms with E-state index in [1.54, 1.807) is 12.3 Å². The molecule has 0 unspecified atom stereocenters. The van der Waals surface area contributed by atoms with Crippen molar-refractivity contribution in [3.05, 3.63) is 71.4 Å². The van der Waals surface area contributed by atoms with Crippen molar-refractivity contribution in [1.29, 1.82) is 0 Å². The quantitative estimate of drug-likeness (QED) is 0.370. The van der Waals surface area contributed by atoms with E-state index >= 15 is 0 Å². The zero-order valence-electron chi connectivity index (χ0n) is 20.0. The van der Waals surface area contributed by atoms with Crippen LogP contribution in [0.15, 0.2) is 53.4 Å². The fourth-order valence-electron chi connectivity index (χ4n) is 3.58. The molecule has 0 fully saturated rings. The number of carbonyl (C=O) groups is 1. The Morgan fingerprint density at radius 2 is 1.97 bits per heavy atom. The van der Waals surface area contributed by atoms with Crippen LogP contribution in [0.25, 0.3) is 0 Å². The van der Waals surface area contributed by atoms with E-state index in [1.807, 2.05) is 20.8 Å². The number of hydrogen-bond donors (Lipinski definition) is 3. The maximum Gasteiger partial charge on any atom is 0.418 e. The highest BCUT2D eigenvalue weighted by molar-refractivity contribution is 5.99. The molecule has 3 N–H and O–H groups in total. The summed E-state index contributed by atoms with van der Waals surface area (Å²) in [6.07, 6.45) is -0.386. The van der Waals surface area contributed by atoms with Crippen LogP contribution in [0.2, 0.25) is 0 Å². The lowest BCUT2D eigenvalue weighted by molar-refractivity contribution is -0.137. The largest absolute Gasteiger partial charge is 0.488 e. The number of nitrogens with zero attached hydrogens (tertiary/aromatic N) is 2. The number of fused-ring (bicyclic) bond motifs is 1. The molecule has 3 heterocycles. The number of amides is 2. The van der Waals surface area contributed by atoms with Crippen LogP contribution in [0.1, 0.15) is 49.6 Å². The van der Waals surface area contributed by atoms with E-state index in [0.29, 0.717) is 30.1 Å². The molecule has 1 aliphatic rings. The number of benzene rings is 1. The van der Waals surface area contributed by atoms with Crippen LogP contribution in [-0.4, -0.2) is 16.0 Å². The zero-order valence-corrected chi connectivity index (χ0v) is 20.0. The highest BCUT2D eigenvalue weighted by atomic mass is 19.4. The van der Waals surface area contributed by atoms with Crippen molar-refractivity contribution < 1.29 is 27.1 Å². The molecule has 0 saturated carbocycles. The Labute approximate surface area is 206 Å². The Morgan fingerprint density at radius 1 is 1.19 bits per heavy atom. The standard InChI is InChI=1S/C25H26F3N5O3/c1-14-5-7-16-19(9-10-29-21(16)30-14)35-12-15-6-8-18(17(11-15)25(26,27)28)31-22(34)33-23-32-20(13-36-23)24(2,3)4/h6,8-11,13H,1,5,7,12H2,2-4H3,(H,29,30)(H2,31,32,33,34). The fraction of sp³-hybridized carbons (Fsp3) is 0.320. The van der Waals surface area contributed by atoms with Crippen LogP contribution >= 0.6 is 0 Å². The molecule has 2 aromatic heterocycles. The van der Waals surface area contributed by atoms with Crippen molar-refractivity contribution in [2.45, 2.75) is 51.8 Å². The molecule has 0 radical (unpaired) electrons. The van der Waals surface area contributed by atoms with Crippen molar-refractivity contribution in [2.75, 3.05) is 16.0 Å². The summed E-state index contributed by atoms with van der Waals surface area (Å²) < 4.78 is 52.4. The number of nitrogens with one attached hydrogen (secondary N) is 3. The predicted octanol–water partition coefficient (Wildman–Crippen LogP) is 6.48. The molecular formula is C25H26F3N5O3. The summed E-state index contributed by atoms with van der Waals surface area (Å²) in [4.78, 5) is 20.7. The van der Waals surface area contributed by atoms with Crippen molar-refractivity contribution in [3.8, 4) is 5.75 Å². The molecule has 4 rings (SSSR count). The summed E-state index contributed by atoms with van der Waals surface area (Å²) in [6.45, 7) is 9.52. The molecular weight excluding hydrogens is 475 g/mol. The van der Waals surface area contributed by atoms with Crippen molar-refractivity contribution in [1.82, 2.24) is 9.97 Å². The van der Waals surface area contributed by atoms with Crippen LogP contribution in [0.3, 0.4) is 0 Å². The first kappa shape index (κ1) is 25.1. The van der Waals surface area contributed by atoms with Gasteiger partial charge in [0.1, 0.15) is 24.4 Å². The molecule has 0 spiro atoms. The Morgan fingerprint density at radius 3 is 2.67 bits per heavy atom. The van der Waals surface area contributed by atoms with Gasteiger partial charge >= 0.3 is 18.2 Å². The Kier molecular flexibility index (Phi) is 6.66. The van der Waals surface area contributed by atoms with Gasteiger partial charge in [0.25, 0.3) is 0 Å². The van der Waals surface area contributed by atoms with Gasteiger partial charge in [-0.05, 0) is 36.6 Å². The lowest BCUT2D eigenvalue weighted by Gasteiger charge is -2.21. The normalized spacial score (nSPS) is 13.6. The van der Waals surface area contributed by atoms with Crippen LogP contribution < -0.4 is 20.7 Å². The van der Waals surface area contributed by atoms with E-state index in [1.165, 1.54) is 18.4 Å². The number of urea groups is 1. The molecule has 0 atom stereocenters. The predicted molar refractivity (Wildman–Crippen MR) is 129 cm³/mol. The molecule has 190 valence electrons. The monoisotopic (exact) mass is 501 g/mol. The molecule has 1 aromatic carbocycles. The lowest BCUT2D eigenvalue weighted by Crippen LogP contribution is -2.22. The first-order valence-corrected chi connectivity index (χ1v) is 11.2. The van der Waals surface area contributed by atoms with Crippen molar-refractivity contribution >= 4 is 23.6 Å². The van der Waals surface area contributed by atoms with E-state index < -0.39 is 23.5 Å². The minimum atomic E-state index is -4.71. The highest BCUT2D eigenvalue weighted by Gasteiger charge is 2.34. The molecule has 0 aliphatic carbocycles. The van der Waals surface area contributed by atoms with Gasteiger partial charge in [0.05, 0.1) is 16.9 Å². The maximum absolute atomic E-state index is 13.8. The van der Waals surface area contributed by atoms with Gasteiger partial charge in [0, 0.05) is 22.9 Å². The number of aromatic nitrogens is 2. The Hall–Kier alpha value is -4.02. The molecule has 3 aromatic rings. The summed E-state index contributed by atoms with van der Waals surface area (Å²) in [5, 5.41) is 7.63. The van der Waals surface area contributed by atoms with Crippen molar-refractivity contribution in [2.24, 2.45) is 0 Å². The molecule has 11 heteroatoms. The van der Waals surface area contributed by atoms with E-state index in [9.17, 15) is 18.0 Å². The average molecular weight is 502 g/mol. The zero-order chi connectivity index (χ0) is 26.1. The number of ether oxygens (including phenoxy) is 1. The van der Waals surface area contributed by atoms with Gasteiger partial charge in [-0.3, -0.25) is 5.32 Å². The van der Waals surface area contributed by atoms with Gasteiger partial charge < -0.3 is 19.8 Å². The van der Waals surface area contributed by atoms with E-state index in [-0.39, 0.29) is 23.6 Å². The Balaban J connectivity index is 1.47. The summed E-state index contributed by atoms with van der Waals surface area (Å²) in [7, 11) is 0. The van der Waals surface area contributed by atoms with Gasteiger partial charge in [-0.2, -0.15) is 18.2 Å². The van der Waals surface area contributed by atoms with Gasteiger partial charge in [-0.15, -0.1) is 0 Å². The third-order valence-electron chi connectivity index (χ3n) is 5.51. The first-order chi connectivity index (χ1) is 16.9. The number of alkyl halides is 3. The van der Waals surface area contributed by atoms with Crippen molar-refractivity contribution in [3.63, 3.8) is 0 Å². The molecule has 0 saturated heterocycles. The van der Waals surface area contributed by atoms with E-state index in [4.69, 9.17) is 9.15 Å². The van der Waals surface area contributed by atoms with Gasteiger partial charge in [-0.25, -0.2) is 9.78 Å². The molecule has 0 bridgehead atoms. The third kappa shape index (κ3) is 5.78. The first-order valence-electron chi connectivity index (χ1n) is 11.2. The number of allylic oxidation sites excluding steroid dienone is 1. The second-order valence-corrected chi connectivity index (χ2v) is 9.40. The summed E-state index contributed by atoms with van der Waals surface area (Å²) in [6, 6.07) is 4.24. The molecule has 36 heavy (non-hydrogen) atoms. The SMILES string of the molecule is C=C1CCc2c(OCc3ccc(NC(=O)Nc4nc(C(C)(C)C)co4)c(C(F)(F)F)c3)ccnc2N1. The van der Waals surface area contributed by atoms with Gasteiger partial charge in [0.15, 0.2) is 0 Å². The maximum atomic E-state index is 13.8. The minimum absolute atomic E-state index is 0.0984. The second-order valence-electron chi connectivity index (χ2n) is 9.40. The topological polar surface area (TPSA) is 101 Å². The number of anilines is 3. The third-order valence-corrected chi connectivity index (χ3v) is 5.51. The van der Waals surface area contributed by atoms with Crippen LogP contribution in [-0.2, 0) is 24.6 Å². The lowest BCUT2D eigenvalue weighted by atomic mass is 9.93. The smallest absolute Gasteiger partial charge is 0.418 e. The number of halogens is 3. The number of pyridine rings is 1. The van der Waals surface area contributed by atoms with Gasteiger partial charge in [0.2, 0.25) is 0 Å². The molecule has 1 aliphatic heterocycles. The summed E-state index contributed by atoms with van der Waals surface area (Å²) >= 11 is 0. The summed E-state index contributed by atoms with van der Waals surface area (Å²) in [5.41, 5.74) is 0.834. The number of hydrogen-bond acceptors (Lipinski definition) is 6. The molecule has 8 nitrogen and oxygen atoms in total. The van der Waals surface area contributed by atoms with Crippen LogP contribution in [0.5, 0.6) is 5.75 Å². The van der Waals surface area contributed by atoms with E-state index in [0.717, 1.165) is 17.3 Å².